The van der Waals surface area contributed by atoms with E-state index in [2.05, 4.69) is 120 Å². The average molecular weight is 530 g/mol. The van der Waals surface area contributed by atoms with E-state index in [0.717, 1.165) is 6.42 Å². The van der Waals surface area contributed by atoms with Crippen molar-refractivity contribution in [2.75, 3.05) is 0 Å². The van der Waals surface area contributed by atoms with Crippen molar-refractivity contribution in [1.82, 2.24) is 0 Å². The van der Waals surface area contributed by atoms with Crippen LogP contribution in [0.15, 0.2) is 72.8 Å². The number of rotatable bonds is 2. The van der Waals surface area contributed by atoms with Crippen molar-refractivity contribution < 1.29 is 32.7 Å². The molecule has 34 heavy (non-hydrogen) atoms. The summed E-state index contributed by atoms with van der Waals surface area (Å²) in [7, 11) is 0. The van der Waals surface area contributed by atoms with Gasteiger partial charge in [-0.15, -0.1) is 34.5 Å². The van der Waals surface area contributed by atoms with Crippen LogP contribution in [0.1, 0.15) is 74.8 Å². The Morgan fingerprint density at radius 1 is 0.676 bits per heavy atom. The molecule has 0 saturated carbocycles. The Morgan fingerprint density at radius 2 is 1.15 bits per heavy atom. The van der Waals surface area contributed by atoms with Gasteiger partial charge in [0, 0.05) is 32.7 Å². The molecule has 0 aliphatic carbocycles. The summed E-state index contributed by atoms with van der Waals surface area (Å²) in [6.07, 6.45) is 1.05. The Morgan fingerprint density at radius 3 is 1.68 bits per heavy atom. The van der Waals surface area contributed by atoms with Crippen LogP contribution < -0.4 is 0 Å². The zero-order chi connectivity index (χ0) is 25.0. The standard InChI is InChI=1S/C25H23.C4H9.2C2H6.Y/c1-25(2,3)17-20-16-15-19-10-5-7-13-22(19)24(20)23-14-8-11-18-9-4-6-12-21(18)23;1-4(2)3;2*1-2;/h4-13,15-16H,17H2,1-3H3;1-3H3;2*1-2H3;/q2*-1;;;. The fourth-order valence-electron chi connectivity index (χ4n) is 3.70. The molecule has 0 amide bonds. The molecule has 1 radical (unpaired) electrons. The molecule has 0 unspecified atom stereocenters. The van der Waals surface area contributed by atoms with Crippen LogP contribution in [0.3, 0.4) is 0 Å². The molecule has 4 aromatic carbocycles. The molecule has 4 rings (SSSR count). The maximum atomic E-state index is 3.55. The Kier molecular flexibility index (Phi) is 15.5. The third-order valence-electron chi connectivity index (χ3n) is 4.71. The molecule has 0 fully saturated rings. The van der Waals surface area contributed by atoms with E-state index in [0.29, 0.717) is 0 Å². The summed E-state index contributed by atoms with van der Waals surface area (Å²) in [4.78, 5) is 0. The second-order valence-electron chi connectivity index (χ2n) is 9.50. The summed E-state index contributed by atoms with van der Waals surface area (Å²) in [5.74, 6) is 1.42. The summed E-state index contributed by atoms with van der Waals surface area (Å²) in [5, 5.41) is 5.15. The monoisotopic (exact) mass is 529 g/mol. The zero-order valence-corrected chi connectivity index (χ0v) is 26.1. The van der Waals surface area contributed by atoms with Crippen LogP contribution >= 0.6 is 0 Å². The van der Waals surface area contributed by atoms with Crippen LogP contribution in [0.4, 0.5) is 0 Å². The Labute approximate surface area is 235 Å². The second-order valence-corrected chi connectivity index (χ2v) is 9.50. The molecule has 0 N–H and O–H groups in total. The Balaban J connectivity index is 0.00000108. The minimum atomic E-state index is 0. The van der Waals surface area contributed by atoms with Crippen LogP contribution in [-0.4, -0.2) is 0 Å². The van der Waals surface area contributed by atoms with E-state index in [1.807, 2.05) is 27.7 Å². The zero-order valence-electron chi connectivity index (χ0n) is 23.2. The maximum Gasteiger partial charge on any atom is 0 e. The van der Waals surface area contributed by atoms with Crippen molar-refractivity contribution >= 4 is 21.5 Å². The summed E-state index contributed by atoms with van der Waals surface area (Å²) in [5.41, 5.74) is 4.19. The third-order valence-corrected chi connectivity index (χ3v) is 4.71. The fourth-order valence-corrected chi connectivity index (χ4v) is 3.70. The SMILES string of the molecule is CC.CC.CC(C)(C)Cc1ccc2ccccc2c1-c1[c-]ccc2ccccc12.C[C-](C)C.[Y]. The molecule has 0 aliphatic heterocycles. The summed E-state index contributed by atoms with van der Waals surface area (Å²) in [6, 6.07) is 29.6. The maximum absolute atomic E-state index is 3.55. The van der Waals surface area contributed by atoms with Crippen molar-refractivity contribution in [1.29, 1.82) is 0 Å². The first-order chi connectivity index (χ1) is 15.8. The van der Waals surface area contributed by atoms with Gasteiger partial charge in [-0.2, -0.15) is 20.8 Å². The van der Waals surface area contributed by atoms with Gasteiger partial charge >= 0.3 is 0 Å². The van der Waals surface area contributed by atoms with Crippen molar-refractivity contribution in [3.63, 3.8) is 0 Å². The van der Waals surface area contributed by atoms with Crippen molar-refractivity contribution in [2.24, 2.45) is 5.41 Å². The number of hydrogen-bond acceptors (Lipinski definition) is 0. The smallest absolute Gasteiger partial charge is 0 e. The molecule has 0 saturated heterocycles. The number of hydrogen-bond donors (Lipinski definition) is 0. The van der Waals surface area contributed by atoms with Gasteiger partial charge in [-0.05, 0) is 17.2 Å². The number of fused-ring (bicyclic) bond motifs is 2. The molecule has 4 aromatic rings. The first-order valence-electron chi connectivity index (χ1n) is 12.4. The second kappa shape index (κ2) is 16.2. The Hall–Kier alpha value is -1.50. The van der Waals surface area contributed by atoms with Gasteiger partial charge in [0.25, 0.3) is 0 Å². The van der Waals surface area contributed by atoms with E-state index in [-0.39, 0.29) is 38.1 Å². The van der Waals surface area contributed by atoms with Gasteiger partial charge in [-0.25, -0.2) is 0 Å². The van der Waals surface area contributed by atoms with Crippen molar-refractivity contribution in [3.8, 4) is 11.1 Å². The molecule has 0 heterocycles. The van der Waals surface area contributed by atoms with E-state index in [1.54, 1.807) is 0 Å². The van der Waals surface area contributed by atoms with Crippen LogP contribution in [0.5, 0.6) is 0 Å². The Bertz CT molecular complexity index is 1090. The topological polar surface area (TPSA) is 0 Å². The molecule has 0 spiro atoms. The van der Waals surface area contributed by atoms with Gasteiger partial charge < -0.3 is 5.92 Å². The predicted molar refractivity (Wildman–Crippen MR) is 152 cm³/mol. The van der Waals surface area contributed by atoms with Gasteiger partial charge in [0.2, 0.25) is 0 Å². The summed E-state index contributed by atoms with van der Waals surface area (Å²) in [6.45, 7) is 21.2. The van der Waals surface area contributed by atoms with E-state index in [4.69, 9.17) is 0 Å². The van der Waals surface area contributed by atoms with E-state index >= 15 is 0 Å². The minimum Gasteiger partial charge on any atom is -0.323 e. The summed E-state index contributed by atoms with van der Waals surface area (Å²) < 4.78 is 0. The quantitative estimate of drug-likeness (QED) is 0.227. The molecule has 181 valence electrons. The van der Waals surface area contributed by atoms with E-state index < -0.39 is 0 Å². The molecule has 0 atom stereocenters. The van der Waals surface area contributed by atoms with Gasteiger partial charge in [-0.1, -0.05) is 126 Å². The van der Waals surface area contributed by atoms with Gasteiger partial charge in [0.05, 0.1) is 0 Å². The average Bonchev–Trinajstić information content (AvgIpc) is 2.80. The molecule has 1 heteroatoms. The predicted octanol–water partition coefficient (Wildman–Crippen LogP) is 10.7. The van der Waals surface area contributed by atoms with E-state index in [9.17, 15) is 0 Å². The van der Waals surface area contributed by atoms with Gasteiger partial charge in [0.15, 0.2) is 0 Å². The normalized spacial score (nSPS) is 10.2. The first kappa shape index (κ1) is 32.5. The largest absolute Gasteiger partial charge is 0.323 e. The molecule has 0 nitrogen and oxygen atoms in total. The molecular formula is C33H44Y-2. The minimum absolute atomic E-state index is 0. The summed E-state index contributed by atoms with van der Waals surface area (Å²) >= 11 is 0. The molecule has 0 aromatic heterocycles. The molecule has 0 bridgehead atoms. The van der Waals surface area contributed by atoms with Gasteiger partial charge in [0.1, 0.15) is 0 Å². The van der Waals surface area contributed by atoms with Crippen molar-refractivity contribution in [2.45, 2.75) is 75.7 Å². The van der Waals surface area contributed by atoms with E-state index in [1.165, 1.54) is 44.2 Å². The van der Waals surface area contributed by atoms with Crippen LogP contribution in [0.25, 0.3) is 32.7 Å². The van der Waals surface area contributed by atoms with Crippen LogP contribution in [-0.2, 0) is 39.1 Å². The van der Waals surface area contributed by atoms with Crippen LogP contribution in [0.2, 0.25) is 0 Å². The molecular weight excluding hydrogens is 485 g/mol. The van der Waals surface area contributed by atoms with Crippen molar-refractivity contribution in [3.05, 3.63) is 90.3 Å². The first-order valence-corrected chi connectivity index (χ1v) is 12.4. The fraction of sp³-hybridized carbons (Fsp3) is 0.364. The number of benzene rings is 4. The molecule has 0 aliphatic rings. The third kappa shape index (κ3) is 9.63. The van der Waals surface area contributed by atoms with Crippen LogP contribution in [0, 0.1) is 17.4 Å². The van der Waals surface area contributed by atoms with Gasteiger partial charge in [-0.3, -0.25) is 0 Å².